The van der Waals surface area contributed by atoms with Gasteiger partial charge in [0.15, 0.2) is 0 Å². The number of hydrogen-bond donors (Lipinski definition) is 1. The molecule has 130 valence electrons. The van der Waals surface area contributed by atoms with Crippen LogP contribution in [0.5, 0.6) is 11.5 Å². The zero-order valence-corrected chi connectivity index (χ0v) is 12.8. The summed E-state index contributed by atoms with van der Waals surface area (Å²) in [7, 11) is 0. The molecule has 0 bridgehead atoms. The predicted octanol–water partition coefficient (Wildman–Crippen LogP) is 3.58. The van der Waals surface area contributed by atoms with Crippen LogP contribution in [-0.4, -0.2) is 34.5 Å². The quantitative estimate of drug-likeness (QED) is 0.923. The number of aromatic hydroxyl groups is 1. The summed E-state index contributed by atoms with van der Waals surface area (Å²) in [6.45, 7) is 2.14. The average molecular weight is 342 g/mol. The first-order chi connectivity index (χ1) is 11.4. The van der Waals surface area contributed by atoms with Crippen LogP contribution < -0.4 is 4.74 Å². The van der Waals surface area contributed by atoms with Crippen molar-refractivity contribution < 1.29 is 27.8 Å². The molecule has 1 aromatic heterocycles. The monoisotopic (exact) mass is 342 g/mol. The van der Waals surface area contributed by atoms with E-state index in [0.29, 0.717) is 18.0 Å². The summed E-state index contributed by atoms with van der Waals surface area (Å²) in [5.41, 5.74) is 0.727. The Morgan fingerprint density at radius 1 is 1.29 bits per heavy atom. The minimum atomic E-state index is -4.83. The SMILES string of the molecule is Oc1ccc(-c2cnn(CC3CCOCC3)c2)c(OC(F)(F)F)c1. The predicted molar refractivity (Wildman–Crippen MR) is 79.6 cm³/mol. The first-order valence-electron chi connectivity index (χ1n) is 7.60. The second-order valence-electron chi connectivity index (χ2n) is 5.74. The Bertz CT molecular complexity index is 694. The van der Waals surface area contributed by atoms with Crippen molar-refractivity contribution in [3.05, 3.63) is 30.6 Å². The van der Waals surface area contributed by atoms with Gasteiger partial charge < -0.3 is 14.6 Å². The summed E-state index contributed by atoms with van der Waals surface area (Å²) in [6, 6.07) is 3.64. The van der Waals surface area contributed by atoms with Gasteiger partial charge in [-0.1, -0.05) is 0 Å². The number of rotatable bonds is 4. The number of phenols is 1. The normalized spacial score (nSPS) is 16.3. The smallest absolute Gasteiger partial charge is 0.508 e. The van der Waals surface area contributed by atoms with Crippen molar-refractivity contribution >= 4 is 0 Å². The van der Waals surface area contributed by atoms with E-state index in [4.69, 9.17) is 4.74 Å². The fourth-order valence-corrected chi connectivity index (χ4v) is 2.75. The molecule has 5 nitrogen and oxygen atoms in total. The Morgan fingerprint density at radius 2 is 2.04 bits per heavy atom. The van der Waals surface area contributed by atoms with Crippen molar-refractivity contribution in [2.75, 3.05) is 13.2 Å². The molecule has 1 aliphatic heterocycles. The first-order valence-corrected chi connectivity index (χ1v) is 7.60. The van der Waals surface area contributed by atoms with Crippen molar-refractivity contribution in [3.8, 4) is 22.6 Å². The molecule has 3 rings (SSSR count). The molecule has 1 N–H and O–H groups in total. The van der Waals surface area contributed by atoms with E-state index in [-0.39, 0.29) is 11.3 Å². The molecule has 0 spiro atoms. The largest absolute Gasteiger partial charge is 0.573 e. The van der Waals surface area contributed by atoms with Gasteiger partial charge in [0.05, 0.1) is 6.20 Å². The summed E-state index contributed by atoms with van der Waals surface area (Å²) < 4.78 is 48.7. The van der Waals surface area contributed by atoms with Gasteiger partial charge in [-0.25, -0.2) is 0 Å². The molecule has 0 aliphatic carbocycles. The van der Waals surface area contributed by atoms with Gasteiger partial charge in [0.2, 0.25) is 0 Å². The molecule has 1 fully saturated rings. The Hall–Kier alpha value is -2.22. The van der Waals surface area contributed by atoms with Crippen LogP contribution in [0, 0.1) is 5.92 Å². The van der Waals surface area contributed by atoms with Crippen molar-refractivity contribution in [2.24, 2.45) is 5.92 Å². The van der Waals surface area contributed by atoms with Gasteiger partial charge in [-0.15, -0.1) is 13.2 Å². The third-order valence-corrected chi connectivity index (χ3v) is 3.92. The number of benzene rings is 1. The van der Waals surface area contributed by atoms with E-state index >= 15 is 0 Å². The number of alkyl halides is 3. The second-order valence-corrected chi connectivity index (χ2v) is 5.74. The maximum absolute atomic E-state index is 12.5. The fourth-order valence-electron chi connectivity index (χ4n) is 2.75. The lowest BCUT2D eigenvalue weighted by atomic mass is 10.0. The minimum absolute atomic E-state index is 0.225. The molecule has 1 aliphatic rings. The number of phenolic OH excluding ortho intramolecular Hbond substituents is 1. The third kappa shape index (κ3) is 4.19. The molecule has 2 aromatic rings. The van der Waals surface area contributed by atoms with Crippen molar-refractivity contribution in [2.45, 2.75) is 25.7 Å². The van der Waals surface area contributed by atoms with Gasteiger partial charge in [0.1, 0.15) is 11.5 Å². The highest BCUT2D eigenvalue weighted by atomic mass is 19.4. The standard InChI is InChI=1S/C16H17F3N2O3/c17-16(18,19)24-15-7-13(22)1-2-14(15)12-8-20-21(10-12)9-11-3-5-23-6-4-11/h1-2,7-8,10-11,22H,3-6,9H2. The van der Waals surface area contributed by atoms with E-state index < -0.39 is 12.1 Å². The average Bonchev–Trinajstić information content (AvgIpc) is 2.95. The van der Waals surface area contributed by atoms with Crippen LogP contribution in [0.1, 0.15) is 12.8 Å². The number of hydrogen-bond acceptors (Lipinski definition) is 4. The van der Waals surface area contributed by atoms with E-state index in [1.54, 1.807) is 10.9 Å². The van der Waals surface area contributed by atoms with Gasteiger partial charge in [0.25, 0.3) is 0 Å². The zero-order chi connectivity index (χ0) is 17.2. The lowest BCUT2D eigenvalue weighted by molar-refractivity contribution is -0.274. The van der Waals surface area contributed by atoms with E-state index in [1.165, 1.54) is 18.3 Å². The Kier molecular flexibility index (Phi) is 4.66. The molecule has 2 heterocycles. The van der Waals surface area contributed by atoms with Crippen molar-refractivity contribution in [1.29, 1.82) is 0 Å². The van der Waals surface area contributed by atoms with Gasteiger partial charge in [-0.2, -0.15) is 5.10 Å². The highest BCUT2D eigenvalue weighted by Gasteiger charge is 2.32. The van der Waals surface area contributed by atoms with Crippen LogP contribution >= 0.6 is 0 Å². The number of nitrogens with zero attached hydrogens (tertiary/aromatic N) is 2. The van der Waals surface area contributed by atoms with Crippen LogP contribution in [0.4, 0.5) is 13.2 Å². The molecular formula is C16H17F3N2O3. The molecular weight excluding hydrogens is 325 g/mol. The summed E-state index contributed by atoms with van der Waals surface area (Å²) >= 11 is 0. The Balaban J connectivity index is 1.81. The lowest BCUT2D eigenvalue weighted by Gasteiger charge is -2.21. The summed E-state index contributed by atoms with van der Waals surface area (Å²) in [6.07, 6.45) is 0.230. The van der Waals surface area contributed by atoms with E-state index in [9.17, 15) is 18.3 Å². The van der Waals surface area contributed by atoms with Gasteiger partial charge in [0, 0.05) is 43.1 Å². The maximum Gasteiger partial charge on any atom is 0.573 e. The molecule has 1 aromatic carbocycles. The van der Waals surface area contributed by atoms with E-state index in [0.717, 1.165) is 32.1 Å². The van der Waals surface area contributed by atoms with Gasteiger partial charge >= 0.3 is 6.36 Å². The molecule has 1 saturated heterocycles. The van der Waals surface area contributed by atoms with Crippen LogP contribution in [-0.2, 0) is 11.3 Å². The number of ether oxygens (including phenoxy) is 2. The second kappa shape index (κ2) is 6.72. The minimum Gasteiger partial charge on any atom is -0.508 e. The Labute approximate surface area is 136 Å². The fraction of sp³-hybridized carbons (Fsp3) is 0.438. The van der Waals surface area contributed by atoms with E-state index in [1.807, 2.05) is 0 Å². The van der Waals surface area contributed by atoms with Crippen LogP contribution in [0.15, 0.2) is 30.6 Å². The molecule has 0 unspecified atom stereocenters. The third-order valence-electron chi connectivity index (χ3n) is 3.92. The summed E-state index contributed by atoms with van der Waals surface area (Å²) in [5.74, 6) is -0.307. The molecule has 0 saturated carbocycles. The molecule has 24 heavy (non-hydrogen) atoms. The molecule has 8 heteroatoms. The van der Waals surface area contributed by atoms with Crippen molar-refractivity contribution in [1.82, 2.24) is 9.78 Å². The summed E-state index contributed by atoms with van der Waals surface area (Å²) in [4.78, 5) is 0. The first kappa shape index (κ1) is 16.6. The maximum atomic E-state index is 12.5. The van der Waals surface area contributed by atoms with Crippen LogP contribution in [0.2, 0.25) is 0 Å². The lowest BCUT2D eigenvalue weighted by Crippen LogP contribution is -2.20. The molecule has 0 amide bonds. The van der Waals surface area contributed by atoms with Crippen molar-refractivity contribution in [3.63, 3.8) is 0 Å². The molecule has 0 radical (unpaired) electrons. The van der Waals surface area contributed by atoms with Crippen LogP contribution in [0.3, 0.4) is 0 Å². The highest BCUT2D eigenvalue weighted by Crippen LogP contribution is 2.36. The highest BCUT2D eigenvalue weighted by molar-refractivity contribution is 5.70. The topological polar surface area (TPSA) is 56.5 Å². The zero-order valence-electron chi connectivity index (χ0n) is 12.8. The number of halogens is 3. The van der Waals surface area contributed by atoms with Crippen LogP contribution in [0.25, 0.3) is 11.1 Å². The van der Waals surface area contributed by atoms with E-state index in [2.05, 4.69) is 9.84 Å². The van der Waals surface area contributed by atoms with Gasteiger partial charge in [-0.05, 0) is 30.9 Å². The Morgan fingerprint density at radius 3 is 2.75 bits per heavy atom. The molecule has 0 atom stereocenters. The van der Waals surface area contributed by atoms with Gasteiger partial charge in [-0.3, -0.25) is 4.68 Å². The summed E-state index contributed by atoms with van der Waals surface area (Å²) in [5, 5.41) is 13.6. The number of aromatic nitrogens is 2.